The number of fused-ring (bicyclic) bond motifs is 5. The zero-order chi connectivity index (χ0) is 29.2. The first-order chi connectivity index (χ1) is 19.2. The summed E-state index contributed by atoms with van der Waals surface area (Å²) in [6, 6.07) is 9.95. The number of hydrogen-bond acceptors (Lipinski definition) is 3. The molecule has 1 saturated heterocycles. The molecule has 5 aliphatic carbocycles. The average Bonchev–Trinajstić information content (AvgIpc) is 3.26. The summed E-state index contributed by atoms with van der Waals surface area (Å²) < 4.78 is 6.76. The number of hydrogen-bond donors (Lipinski definition) is 0. The Morgan fingerprint density at radius 1 is 0.854 bits per heavy atom. The number of benzene rings is 1. The van der Waals surface area contributed by atoms with Gasteiger partial charge in [-0.05, 0) is 138 Å². The Bertz CT molecular complexity index is 1350. The van der Waals surface area contributed by atoms with Crippen molar-refractivity contribution in [1.29, 1.82) is 5.26 Å². The molecule has 9 atom stereocenters. The smallest absolute Gasteiger partial charge is 0.164 e. The Kier molecular flexibility index (Phi) is 5.84. The highest BCUT2D eigenvalue weighted by molar-refractivity contribution is 6.04. The van der Waals surface area contributed by atoms with Crippen LogP contribution in [0.2, 0.25) is 0 Å². The van der Waals surface area contributed by atoms with Crippen molar-refractivity contribution < 1.29 is 9.53 Å². The van der Waals surface area contributed by atoms with Gasteiger partial charge in [-0.15, -0.1) is 0 Å². The van der Waals surface area contributed by atoms with Gasteiger partial charge in [0, 0.05) is 5.41 Å². The van der Waals surface area contributed by atoms with Gasteiger partial charge in [0.1, 0.15) is 0 Å². The number of ether oxygens (including phenoxy) is 1. The molecule has 0 spiro atoms. The summed E-state index contributed by atoms with van der Waals surface area (Å²) in [5.41, 5.74) is 3.74. The van der Waals surface area contributed by atoms with E-state index in [1.54, 1.807) is 0 Å². The average molecular weight is 554 g/mol. The lowest BCUT2D eigenvalue weighted by Crippen LogP contribution is -2.67. The second-order valence-corrected chi connectivity index (χ2v) is 17.4. The maximum atomic E-state index is 14.1. The van der Waals surface area contributed by atoms with Crippen LogP contribution in [0.3, 0.4) is 0 Å². The van der Waals surface area contributed by atoms with Crippen LogP contribution in [-0.4, -0.2) is 18.5 Å². The van der Waals surface area contributed by atoms with E-state index in [-0.39, 0.29) is 21.7 Å². The molecule has 6 aliphatic rings. The molecule has 1 aromatic rings. The number of carbonyl (C=O) groups excluding carboxylic acids is 1. The van der Waals surface area contributed by atoms with E-state index in [1.807, 2.05) is 24.3 Å². The molecule has 220 valence electrons. The minimum Gasteiger partial charge on any atom is -0.377 e. The fourth-order valence-corrected chi connectivity index (χ4v) is 12.8. The molecule has 1 heterocycles. The third kappa shape index (κ3) is 3.50. The Balaban J connectivity index is 1.27. The maximum absolute atomic E-state index is 14.1. The summed E-state index contributed by atoms with van der Waals surface area (Å²) in [6.45, 7) is 18.4. The third-order valence-electron chi connectivity index (χ3n) is 15.1. The Hall–Kier alpha value is -1.92. The molecule has 0 amide bonds. The van der Waals surface area contributed by atoms with Crippen molar-refractivity contribution in [2.24, 2.45) is 56.2 Å². The van der Waals surface area contributed by atoms with E-state index in [4.69, 9.17) is 4.74 Å². The van der Waals surface area contributed by atoms with E-state index < -0.39 is 0 Å². The monoisotopic (exact) mass is 553 g/mol. The van der Waals surface area contributed by atoms with Crippen LogP contribution in [0, 0.1) is 67.5 Å². The molecule has 5 saturated carbocycles. The van der Waals surface area contributed by atoms with Crippen LogP contribution < -0.4 is 0 Å². The summed E-state index contributed by atoms with van der Waals surface area (Å²) in [6.07, 6.45) is 13.8. The van der Waals surface area contributed by atoms with Crippen LogP contribution in [0.15, 0.2) is 29.8 Å². The van der Waals surface area contributed by atoms with Crippen LogP contribution >= 0.6 is 0 Å². The van der Waals surface area contributed by atoms with Crippen LogP contribution in [0.25, 0.3) is 6.08 Å². The first-order valence-corrected chi connectivity index (χ1v) is 16.6. The SMILES string of the molecule is CC1(C)CC[C@]23CC[C@]4(C)[C@@H](CC[C@@H]5[C@@]6(C)C/C(=C\c7ccc(C#N)cc7)C(=O)C(C)(C)[C@H]6CC[C@]54C)[C@H]2[C@H]1OC3. The van der Waals surface area contributed by atoms with E-state index in [0.29, 0.717) is 46.0 Å². The highest BCUT2D eigenvalue weighted by atomic mass is 16.5. The van der Waals surface area contributed by atoms with E-state index in [9.17, 15) is 10.1 Å². The number of allylic oxidation sites excluding steroid dienone is 1. The van der Waals surface area contributed by atoms with Crippen LogP contribution in [-0.2, 0) is 9.53 Å². The molecule has 6 fully saturated rings. The number of Topliss-reactive ketones (excluding diaryl/α,β-unsaturated/α-hetero) is 1. The lowest BCUT2D eigenvalue weighted by molar-refractivity contribution is -0.236. The molecule has 0 N–H and O–H groups in total. The highest BCUT2D eigenvalue weighted by Gasteiger charge is 2.73. The van der Waals surface area contributed by atoms with Gasteiger partial charge in [0.2, 0.25) is 0 Å². The van der Waals surface area contributed by atoms with Crippen LogP contribution in [0.5, 0.6) is 0 Å². The van der Waals surface area contributed by atoms with E-state index >= 15 is 0 Å². The predicted molar refractivity (Wildman–Crippen MR) is 164 cm³/mol. The van der Waals surface area contributed by atoms with Crippen LogP contribution in [0.1, 0.15) is 117 Å². The van der Waals surface area contributed by atoms with Gasteiger partial charge in [-0.2, -0.15) is 5.26 Å². The minimum absolute atomic E-state index is 0.104. The van der Waals surface area contributed by atoms with Crippen molar-refractivity contribution in [2.75, 3.05) is 6.61 Å². The Morgan fingerprint density at radius 2 is 1.56 bits per heavy atom. The molecular formula is C38H51NO2. The second kappa shape index (κ2) is 8.59. The quantitative estimate of drug-likeness (QED) is 0.326. The van der Waals surface area contributed by atoms with Gasteiger partial charge in [0.15, 0.2) is 5.78 Å². The molecule has 41 heavy (non-hydrogen) atoms. The summed E-state index contributed by atoms with van der Waals surface area (Å²) >= 11 is 0. The van der Waals surface area contributed by atoms with Crippen molar-refractivity contribution in [2.45, 2.75) is 112 Å². The second-order valence-electron chi connectivity index (χ2n) is 17.4. The normalized spacial score (nSPS) is 48.4. The molecule has 1 aliphatic heterocycles. The van der Waals surface area contributed by atoms with Crippen molar-refractivity contribution in [3.63, 3.8) is 0 Å². The molecule has 7 rings (SSSR count). The molecule has 3 heteroatoms. The van der Waals surface area contributed by atoms with Gasteiger partial charge >= 0.3 is 0 Å². The van der Waals surface area contributed by atoms with Crippen molar-refractivity contribution in [1.82, 2.24) is 0 Å². The van der Waals surface area contributed by atoms with Gasteiger partial charge in [-0.3, -0.25) is 4.79 Å². The lowest BCUT2D eigenvalue weighted by atomic mass is 9.31. The van der Waals surface area contributed by atoms with Gasteiger partial charge < -0.3 is 4.74 Å². The van der Waals surface area contributed by atoms with Gasteiger partial charge in [0.05, 0.1) is 24.3 Å². The fourth-order valence-electron chi connectivity index (χ4n) is 12.8. The zero-order valence-electron chi connectivity index (χ0n) is 26.6. The third-order valence-corrected chi connectivity index (χ3v) is 15.1. The maximum Gasteiger partial charge on any atom is 0.164 e. The zero-order valence-corrected chi connectivity index (χ0v) is 26.6. The summed E-state index contributed by atoms with van der Waals surface area (Å²) in [5.74, 6) is 2.84. The molecule has 1 aromatic carbocycles. The number of rotatable bonds is 1. The van der Waals surface area contributed by atoms with E-state index in [1.165, 1.54) is 44.9 Å². The topological polar surface area (TPSA) is 50.1 Å². The highest BCUT2D eigenvalue weighted by Crippen LogP contribution is 2.78. The molecule has 3 nitrogen and oxygen atoms in total. The molecule has 2 bridgehead atoms. The number of ketones is 1. The van der Waals surface area contributed by atoms with E-state index in [0.717, 1.165) is 36.5 Å². The van der Waals surface area contributed by atoms with Gasteiger partial charge in [-0.1, -0.05) is 60.6 Å². The molecule has 0 radical (unpaired) electrons. The Labute approximate surface area is 248 Å². The van der Waals surface area contributed by atoms with Crippen molar-refractivity contribution in [3.8, 4) is 6.07 Å². The van der Waals surface area contributed by atoms with E-state index in [2.05, 4.69) is 60.6 Å². The minimum atomic E-state index is -0.360. The number of nitriles is 1. The molecule has 0 aromatic heterocycles. The lowest BCUT2D eigenvalue weighted by Gasteiger charge is -2.73. The standard InChI is InChI=1S/C38H51NO2/c1-33(2)16-18-38-19-17-36(6)27(30(38)32(33)41-23-38)12-13-29-35(5)21-26(20-24-8-10-25(22-39)11-9-24)31(40)34(3,4)28(35)14-15-37(29,36)7/h8-11,20,27-30,32H,12-19,21,23H2,1-7H3/b26-20+/t27-,28+,29+,30-,32+,35-,36+,37+,38+/m0/s1. The van der Waals surface area contributed by atoms with Crippen molar-refractivity contribution >= 4 is 11.9 Å². The number of carbonyl (C=O) groups is 1. The van der Waals surface area contributed by atoms with Crippen LogP contribution in [0.4, 0.5) is 0 Å². The molecular weight excluding hydrogens is 502 g/mol. The number of nitrogens with zero attached hydrogens (tertiary/aromatic N) is 1. The summed E-state index contributed by atoms with van der Waals surface area (Å²) in [7, 11) is 0. The summed E-state index contributed by atoms with van der Waals surface area (Å²) in [4.78, 5) is 14.1. The first kappa shape index (κ1) is 27.9. The predicted octanol–water partition coefficient (Wildman–Crippen LogP) is 9.01. The fraction of sp³-hybridized carbons (Fsp3) is 0.737. The molecule has 0 unspecified atom stereocenters. The van der Waals surface area contributed by atoms with Crippen molar-refractivity contribution in [3.05, 3.63) is 41.0 Å². The first-order valence-electron chi connectivity index (χ1n) is 16.6. The summed E-state index contributed by atoms with van der Waals surface area (Å²) in [5, 5.41) is 9.26. The Morgan fingerprint density at radius 3 is 2.27 bits per heavy atom. The van der Waals surface area contributed by atoms with Gasteiger partial charge in [-0.25, -0.2) is 0 Å². The van der Waals surface area contributed by atoms with Gasteiger partial charge in [0.25, 0.3) is 0 Å². The largest absolute Gasteiger partial charge is 0.377 e.